The van der Waals surface area contributed by atoms with Crippen LogP contribution in [0.1, 0.15) is 29.9 Å². The lowest BCUT2D eigenvalue weighted by Gasteiger charge is -2.24. The summed E-state index contributed by atoms with van der Waals surface area (Å²) < 4.78 is 1.18. The van der Waals surface area contributed by atoms with E-state index >= 15 is 0 Å². The fourth-order valence-electron chi connectivity index (χ4n) is 2.13. The SMILES string of the molecule is NC[C@@H]1CCCc2cc(Br)ccc21. The average molecular weight is 240 g/mol. The molecule has 13 heavy (non-hydrogen) atoms. The molecule has 1 nitrogen and oxygen atoms in total. The highest BCUT2D eigenvalue weighted by Gasteiger charge is 2.18. The molecule has 0 unspecified atom stereocenters. The molecule has 2 heteroatoms. The number of hydrogen-bond donors (Lipinski definition) is 1. The number of halogens is 1. The Morgan fingerprint density at radius 1 is 1.46 bits per heavy atom. The van der Waals surface area contributed by atoms with E-state index in [-0.39, 0.29) is 0 Å². The Kier molecular flexibility index (Phi) is 2.70. The monoisotopic (exact) mass is 239 g/mol. The first-order valence-corrected chi connectivity index (χ1v) is 5.59. The number of hydrogen-bond acceptors (Lipinski definition) is 1. The van der Waals surface area contributed by atoms with Crippen LogP contribution < -0.4 is 5.73 Å². The van der Waals surface area contributed by atoms with Gasteiger partial charge in [-0.05, 0) is 55.0 Å². The lowest BCUT2D eigenvalue weighted by molar-refractivity contribution is 0.560. The molecule has 2 N–H and O–H groups in total. The molecule has 0 saturated heterocycles. The van der Waals surface area contributed by atoms with Crippen molar-refractivity contribution >= 4 is 15.9 Å². The third kappa shape index (κ3) is 1.79. The summed E-state index contributed by atoms with van der Waals surface area (Å²) in [6.07, 6.45) is 3.75. The summed E-state index contributed by atoms with van der Waals surface area (Å²) in [4.78, 5) is 0. The zero-order valence-electron chi connectivity index (χ0n) is 7.59. The molecule has 0 spiro atoms. The van der Waals surface area contributed by atoms with Crippen LogP contribution in [0, 0.1) is 0 Å². The second-order valence-electron chi connectivity index (χ2n) is 3.67. The summed E-state index contributed by atoms with van der Waals surface area (Å²) in [5, 5.41) is 0. The molecule has 0 bridgehead atoms. The molecule has 2 rings (SSSR count). The molecule has 0 amide bonds. The van der Waals surface area contributed by atoms with Crippen LogP contribution in [0.15, 0.2) is 22.7 Å². The van der Waals surface area contributed by atoms with Gasteiger partial charge in [-0.3, -0.25) is 0 Å². The normalized spacial score (nSPS) is 21.2. The molecular formula is C11H14BrN. The van der Waals surface area contributed by atoms with Crippen LogP contribution in [-0.2, 0) is 6.42 Å². The van der Waals surface area contributed by atoms with E-state index < -0.39 is 0 Å². The predicted octanol–water partition coefficient (Wildman–Crippen LogP) is 2.83. The van der Waals surface area contributed by atoms with Crippen molar-refractivity contribution < 1.29 is 0 Å². The molecule has 70 valence electrons. The standard InChI is InChI=1S/C11H14BrN/c12-10-4-5-11-8(6-10)2-1-3-9(11)7-13/h4-6,9H,1-3,7,13H2/t9-/m0/s1. The summed E-state index contributed by atoms with van der Waals surface area (Å²) in [6.45, 7) is 0.786. The van der Waals surface area contributed by atoms with Crippen LogP contribution in [0.4, 0.5) is 0 Å². The third-order valence-electron chi connectivity index (χ3n) is 2.83. The minimum atomic E-state index is 0.594. The Bertz CT molecular complexity index is 309. The Labute approximate surface area is 87.5 Å². The van der Waals surface area contributed by atoms with E-state index in [0.717, 1.165) is 6.54 Å². The zero-order chi connectivity index (χ0) is 9.26. The first-order chi connectivity index (χ1) is 6.31. The van der Waals surface area contributed by atoms with Gasteiger partial charge in [-0.15, -0.1) is 0 Å². The molecule has 1 aromatic rings. The topological polar surface area (TPSA) is 26.0 Å². The minimum Gasteiger partial charge on any atom is -0.330 e. The Balaban J connectivity index is 2.40. The maximum Gasteiger partial charge on any atom is 0.0178 e. The van der Waals surface area contributed by atoms with Gasteiger partial charge in [-0.2, -0.15) is 0 Å². The molecule has 1 aliphatic carbocycles. The summed E-state index contributed by atoms with van der Waals surface area (Å²) in [6, 6.07) is 6.57. The van der Waals surface area contributed by atoms with Crippen LogP contribution in [0.5, 0.6) is 0 Å². The largest absolute Gasteiger partial charge is 0.330 e. The molecule has 0 radical (unpaired) electrons. The molecule has 1 atom stereocenters. The number of aryl methyl sites for hydroxylation is 1. The van der Waals surface area contributed by atoms with Gasteiger partial charge in [-0.1, -0.05) is 22.0 Å². The van der Waals surface area contributed by atoms with Crippen LogP contribution in [-0.4, -0.2) is 6.54 Å². The Morgan fingerprint density at radius 2 is 2.31 bits per heavy atom. The quantitative estimate of drug-likeness (QED) is 0.802. The van der Waals surface area contributed by atoms with Crippen molar-refractivity contribution in [2.45, 2.75) is 25.2 Å². The zero-order valence-corrected chi connectivity index (χ0v) is 9.18. The Hall–Kier alpha value is -0.340. The van der Waals surface area contributed by atoms with Crippen molar-refractivity contribution in [2.75, 3.05) is 6.54 Å². The number of nitrogens with two attached hydrogens (primary N) is 1. The van der Waals surface area contributed by atoms with Gasteiger partial charge in [0.25, 0.3) is 0 Å². The summed E-state index contributed by atoms with van der Waals surface area (Å²) in [7, 11) is 0. The van der Waals surface area contributed by atoms with Crippen molar-refractivity contribution in [2.24, 2.45) is 5.73 Å². The van der Waals surface area contributed by atoms with Gasteiger partial charge in [0.1, 0.15) is 0 Å². The third-order valence-corrected chi connectivity index (χ3v) is 3.32. The van der Waals surface area contributed by atoms with Gasteiger partial charge in [0.2, 0.25) is 0 Å². The van der Waals surface area contributed by atoms with Crippen molar-refractivity contribution in [1.82, 2.24) is 0 Å². The molecule has 0 saturated carbocycles. The number of fused-ring (bicyclic) bond motifs is 1. The molecule has 0 aromatic heterocycles. The first kappa shape index (κ1) is 9.22. The number of benzene rings is 1. The Morgan fingerprint density at radius 3 is 3.08 bits per heavy atom. The highest BCUT2D eigenvalue weighted by atomic mass is 79.9. The fraction of sp³-hybridized carbons (Fsp3) is 0.455. The fourth-order valence-corrected chi connectivity index (χ4v) is 2.54. The van der Waals surface area contributed by atoms with Gasteiger partial charge in [0.05, 0.1) is 0 Å². The smallest absolute Gasteiger partial charge is 0.0178 e. The predicted molar refractivity (Wildman–Crippen MR) is 58.9 cm³/mol. The van der Waals surface area contributed by atoms with E-state index in [1.54, 1.807) is 0 Å². The molecule has 1 aliphatic rings. The molecule has 1 aromatic carbocycles. The van der Waals surface area contributed by atoms with E-state index in [2.05, 4.69) is 34.1 Å². The molecular weight excluding hydrogens is 226 g/mol. The average Bonchev–Trinajstić information content (AvgIpc) is 2.16. The van der Waals surface area contributed by atoms with Crippen molar-refractivity contribution in [3.63, 3.8) is 0 Å². The van der Waals surface area contributed by atoms with Crippen molar-refractivity contribution in [3.8, 4) is 0 Å². The van der Waals surface area contributed by atoms with E-state index in [1.807, 2.05) is 0 Å². The van der Waals surface area contributed by atoms with Gasteiger partial charge in [0, 0.05) is 4.47 Å². The molecule has 0 aliphatic heterocycles. The van der Waals surface area contributed by atoms with E-state index in [1.165, 1.54) is 34.9 Å². The lowest BCUT2D eigenvalue weighted by Crippen LogP contribution is -2.18. The van der Waals surface area contributed by atoms with E-state index in [0.29, 0.717) is 5.92 Å². The van der Waals surface area contributed by atoms with Gasteiger partial charge in [0.15, 0.2) is 0 Å². The van der Waals surface area contributed by atoms with Crippen LogP contribution in [0.2, 0.25) is 0 Å². The van der Waals surface area contributed by atoms with E-state index in [4.69, 9.17) is 5.73 Å². The summed E-state index contributed by atoms with van der Waals surface area (Å²) >= 11 is 3.50. The van der Waals surface area contributed by atoms with Crippen molar-refractivity contribution in [3.05, 3.63) is 33.8 Å². The van der Waals surface area contributed by atoms with Gasteiger partial charge < -0.3 is 5.73 Å². The van der Waals surface area contributed by atoms with Crippen LogP contribution in [0.3, 0.4) is 0 Å². The van der Waals surface area contributed by atoms with Gasteiger partial charge >= 0.3 is 0 Å². The van der Waals surface area contributed by atoms with Crippen LogP contribution in [0.25, 0.3) is 0 Å². The molecule has 0 fully saturated rings. The maximum absolute atomic E-state index is 5.74. The first-order valence-electron chi connectivity index (χ1n) is 4.79. The van der Waals surface area contributed by atoms with Crippen LogP contribution >= 0.6 is 15.9 Å². The number of rotatable bonds is 1. The molecule has 0 heterocycles. The second-order valence-corrected chi connectivity index (χ2v) is 4.58. The minimum absolute atomic E-state index is 0.594. The van der Waals surface area contributed by atoms with Crippen molar-refractivity contribution in [1.29, 1.82) is 0 Å². The van der Waals surface area contributed by atoms with E-state index in [9.17, 15) is 0 Å². The second kappa shape index (κ2) is 3.81. The summed E-state index contributed by atoms with van der Waals surface area (Å²) in [5.41, 5.74) is 8.70. The lowest BCUT2D eigenvalue weighted by atomic mass is 9.83. The highest BCUT2D eigenvalue weighted by Crippen LogP contribution is 2.32. The maximum atomic E-state index is 5.74. The summed E-state index contributed by atoms with van der Waals surface area (Å²) in [5.74, 6) is 0.594. The highest BCUT2D eigenvalue weighted by molar-refractivity contribution is 9.10. The van der Waals surface area contributed by atoms with Gasteiger partial charge in [-0.25, -0.2) is 0 Å².